The van der Waals surface area contributed by atoms with Crippen LogP contribution in [-0.2, 0) is 4.79 Å². The van der Waals surface area contributed by atoms with Gasteiger partial charge in [-0.3, -0.25) is 9.59 Å². The van der Waals surface area contributed by atoms with E-state index in [1.54, 1.807) is 18.7 Å². The predicted octanol–water partition coefficient (Wildman–Crippen LogP) is 3.50. The third-order valence-corrected chi connectivity index (χ3v) is 6.44. The Morgan fingerprint density at radius 2 is 2.08 bits per heavy atom. The molecule has 1 aromatic carbocycles. The molecule has 3 atom stereocenters. The fraction of sp³-hybridized carbons (Fsp3) is 0.308. The average molecular weight is 493 g/mol. The molecule has 3 heterocycles. The lowest BCUT2D eigenvalue weighted by molar-refractivity contribution is -0.126. The predicted molar refractivity (Wildman–Crippen MR) is 132 cm³/mol. The minimum Gasteiger partial charge on any atom is -0.383 e. The number of carbonyl (C=O) groups is 2. The average Bonchev–Trinajstić information content (AvgIpc) is 3.37. The van der Waals surface area contributed by atoms with Gasteiger partial charge < -0.3 is 20.5 Å². The van der Waals surface area contributed by atoms with E-state index in [4.69, 9.17) is 5.73 Å². The summed E-state index contributed by atoms with van der Waals surface area (Å²) < 4.78 is 29.5. The summed E-state index contributed by atoms with van der Waals surface area (Å²) in [5.41, 5.74) is 7.28. The number of nitrogen functional groups attached to an aromatic ring is 1. The topological polar surface area (TPSA) is 106 Å². The highest BCUT2D eigenvalue weighted by Crippen LogP contribution is 2.36. The maximum atomic E-state index is 14.4. The van der Waals surface area contributed by atoms with Gasteiger partial charge >= 0.3 is 0 Å². The SMILES string of the molecule is C=CC(=O)N1C[C@H](n2c(C#CC)c(C(=O)NC(C)c3ccc(F)cc3F)c3c(N)ncnc32)C[C@@H]1C. The van der Waals surface area contributed by atoms with Crippen LogP contribution in [0.4, 0.5) is 14.6 Å². The summed E-state index contributed by atoms with van der Waals surface area (Å²) in [5, 5.41) is 3.09. The molecule has 0 radical (unpaired) electrons. The van der Waals surface area contributed by atoms with Crippen molar-refractivity contribution in [3.63, 3.8) is 0 Å². The number of carbonyl (C=O) groups excluding carboxylic acids is 2. The van der Waals surface area contributed by atoms with Crippen molar-refractivity contribution in [2.24, 2.45) is 0 Å². The van der Waals surface area contributed by atoms with Crippen molar-refractivity contribution < 1.29 is 18.4 Å². The number of hydrogen-bond acceptors (Lipinski definition) is 5. The molecule has 1 aliphatic rings. The van der Waals surface area contributed by atoms with Crippen LogP contribution in [0.2, 0.25) is 0 Å². The fourth-order valence-corrected chi connectivity index (χ4v) is 4.79. The van der Waals surface area contributed by atoms with Crippen molar-refractivity contribution in [2.75, 3.05) is 12.3 Å². The lowest BCUT2D eigenvalue weighted by Gasteiger charge is -2.19. The van der Waals surface area contributed by atoms with E-state index in [0.717, 1.165) is 12.1 Å². The summed E-state index contributed by atoms with van der Waals surface area (Å²) in [5.74, 6) is 3.71. The molecule has 1 saturated heterocycles. The Balaban J connectivity index is 1.83. The second-order valence-corrected chi connectivity index (χ2v) is 8.72. The molecule has 36 heavy (non-hydrogen) atoms. The molecule has 0 aliphatic carbocycles. The van der Waals surface area contributed by atoms with Gasteiger partial charge in [0.05, 0.1) is 23.0 Å². The normalized spacial score (nSPS) is 18.0. The quantitative estimate of drug-likeness (QED) is 0.419. The molecule has 0 saturated carbocycles. The summed E-state index contributed by atoms with van der Waals surface area (Å²) in [7, 11) is 0. The van der Waals surface area contributed by atoms with E-state index in [0.29, 0.717) is 29.7 Å². The van der Waals surface area contributed by atoms with Crippen molar-refractivity contribution in [2.45, 2.75) is 45.3 Å². The third kappa shape index (κ3) is 4.28. The Hall–Kier alpha value is -4.26. The lowest BCUT2D eigenvalue weighted by atomic mass is 10.1. The molecule has 0 bridgehead atoms. The van der Waals surface area contributed by atoms with Crippen molar-refractivity contribution in [3.05, 3.63) is 65.6 Å². The van der Waals surface area contributed by atoms with Gasteiger partial charge in [-0.2, -0.15) is 0 Å². The number of aromatic nitrogens is 3. The van der Waals surface area contributed by atoms with Crippen LogP contribution in [0.5, 0.6) is 0 Å². The molecule has 2 amide bonds. The fourth-order valence-electron chi connectivity index (χ4n) is 4.79. The van der Waals surface area contributed by atoms with Crippen molar-refractivity contribution in [1.82, 2.24) is 24.8 Å². The molecule has 1 unspecified atom stereocenters. The first kappa shape index (κ1) is 24.9. The van der Waals surface area contributed by atoms with Crippen LogP contribution >= 0.6 is 0 Å². The third-order valence-electron chi connectivity index (χ3n) is 6.44. The monoisotopic (exact) mass is 492 g/mol. The Morgan fingerprint density at radius 3 is 2.75 bits per heavy atom. The Labute approximate surface area is 207 Å². The summed E-state index contributed by atoms with van der Waals surface area (Å²) in [6.07, 6.45) is 3.18. The number of halogens is 2. The van der Waals surface area contributed by atoms with Crippen LogP contribution in [0.1, 0.15) is 60.9 Å². The van der Waals surface area contributed by atoms with Gasteiger partial charge in [0.1, 0.15) is 35.1 Å². The van der Waals surface area contributed by atoms with Crippen LogP contribution in [0.3, 0.4) is 0 Å². The van der Waals surface area contributed by atoms with Gasteiger partial charge in [-0.1, -0.05) is 18.6 Å². The zero-order valence-electron chi connectivity index (χ0n) is 20.2. The van der Waals surface area contributed by atoms with E-state index in [-0.39, 0.29) is 34.9 Å². The van der Waals surface area contributed by atoms with Crippen LogP contribution in [0, 0.1) is 23.5 Å². The van der Waals surface area contributed by atoms with Crippen LogP contribution in [-0.4, -0.2) is 43.8 Å². The lowest BCUT2D eigenvalue weighted by Crippen LogP contribution is -2.32. The largest absolute Gasteiger partial charge is 0.383 e. The number of fused-ring (bicyclic) bond motifs is 1. The number of hydrogen-bond donors (Lipinski definition) is 2. The molecule has 186 valence electrons. The van der Waals surface area contributed by atoms with Crippen molar-refractivity contribution >= 4 is 28.7 Å². The van der Waals surface area contributed by atoms with Gasteiger partial charge in [0, 0.05) is 24.2 Å². The Bertz CT molecular complexity index is 1440. The molecular weight excluding hydrogens is 466 g/mol. The van der Waals surface area contributed by atoms with Crippen molar-refractivity contribution in [3.8, 4) is 11.8 Å². The number of nitrogens with two attached hydrogens (primary N) is 1. The molecule has 4 rings (SSSR count). The molecule has 3 aromatic rings. The Morgan fingerprint density at radius 1 is 1.33 bits per heavy atom. The number of nitrogens with zero attached hydrogens (tertiary/aromatic N) is 4. The summed E-state index contributed by atoms with van der Waals surface area (Å²) in [6, 6.07) is 2.10. The first-order valence-electron chi connectivity index (χ1n) is 11.4. The highest BCUT2D eigenvalue weighted by Gasteiger charge is 2.36. The molecule has 1 aliphatic heterocycles. The smallest absolute Gasteiger partial charge is 0.255 e. The molecule has 2 aromatic heterocycles. The number of rotatable bonds is 5. The molecular formula is C26H26F2N6O2. The van der Waals surface area contributed by atoms with Gasteiger partial charge in [0.25, 0.3) is 5.91 Å². The molecule has 0 spiro atoms. The van der Waals surface area contributed by atoms with E-state index < -0.39 is 23.6 Å². The zero-order valence-corrected chi connectivity index (χ0v) is 20.2. The maximum absolute atomic E-state index is 14.4. The highest BCUT2D eigenvalue weighted by atomic mass is 19.1. The zero-order chi connectivity index (χ0) is 26.1. The first-order chi connectivity index (χ1) is 17.2. The summed E-state index contributed by atoms with van der Waals surface area (Å²) in [6.45, 7) is 9.12. The minimum atomic E-state index is -0.781. The van der Waals surface area contributed by atoms with Gasteiger partial charge in [0.2, 0.25) is 5.91 Å². The second kappa shape index (κ2) is 9.77. The van der Waals surface area contributed by atoms with Gasteiger partial charge in [-0.05, 0) is 45.3 Å². The maximum Gasteiger partial charge on any atom is 0.255 e. The van der Waals surface area contributed by atoms with Crippen LogP contribution < -0.4 is 11.1 Å². The number of nitrogens with one attached hydrogen (secondary N) is 1. The Kier molecular flexibility index (Phi) is 6.75. The first-order valence-corrected chi connectivity index (χ1v) is 11.4. The van der Waals surface area contributed by atoms with Gasteiger partial charge in [0.15, 0.2) is 0 Å². The van der Waals surface area contributed by atoms with E-state index >= 15 is 0 Å². The minimum absolute atomic E-state index is 0.0710. The second-order valence-electron chi connectivity index (χ2n) is 8.72. The van der Waals surface area contributed by atoms with E-state index in [9.17, 15) is 18.4 Å². The van der Waals surface area contributed by atoms with E-state index in [2.05, 4.69) is 33.7 Å². The molecule has 8 nitrogen and oxygen atoms in total. The van der Waals surface area contributed by atoms with Crippen LogP contribution in [0.25, 0.3) is 11.0 Å². The molecule has 3 N–H and O–H groups in total. The summed E-state index contributed by atoms with van der Waals surface area (Å²) in [4.78, 5) is 36.1. The van der Waals surface area contributed by atoms with E-state index in [1.807, 2.05) is 11.5 Å². The summed E-state index contributed by atoms with van der Waals surface area (Å²) >= 11 is 0. The number of benzene rings is 1. The molecule has 10 heteroatoms. The number of anilines is 1. The van der Waals surface area contributed by atoms with Gasteiger partial charge in [-0.25, -0.2) is 18.7 Å². The van der Waals surface area contributed by atoms with Gasteiger partial charge in [-0.15, -0.1) is 0 Å². The van der Waals surface area contributed by atoms with Crippen molar-refractivity contribution in [1.29, 1.82) is 0 Å². The number of likely N-dealkylation sites (tertiary alicyclic amines) is 1. The molecule has 1 fully saturated rings. The van der Waals surface area contributed by atoms with E-state index in [1.165, 1.54) is 18.5 Å². The number of amides is 2. The standard InChI is InChI=1S/C26H26F2N6O2/c1-5-7-20-22(26(36)32-15(4)18-9-8-16(27)11-19(18)28)23-24(29)30-13-31-25(23)34(20)17-10-14(3)33(12-17)21(35)6-2/h6,8-9,11,13-15,17H,2,10,12H2,1,3-4H3,(H,32,36)(H2,29,30,31)/t14-,15?,17+/m0/s1. The van der Waals surface area contributed by atoms with Crippen LogP contribution in [0.15, 0.2) is 37.2 Å². The highest BCUT2D eigenvalue weighted by molar-refractivity contribution is 6.12.